The predicted octanol–water partition coefficient (Wildman–Crippen LogP) is 3.42. The lowest BCUT2D eigenvalue weighted by Crippen LogP contribution is -2.38. The zero-order chi connectivity index (χ0) is 23.9. The number of amides is 1. The molecular formula is C25H29FN2O5S. The van der Waals surface area contributed by atoms with E-state index in [-0.39, 0.29) is 23.7 Å². The van der Waals surface area contributed by atoms with Crippen LogP contribution in [0.25, 0.3) is 0 Å². The Bertz CT molecular complexity index is 997. The smallest absolute Gasteiger partial charge is 0.338 e. The lowest BCUT2D eigenvalue weighted by Gasteiger charge is -2.26. The van der Waals surface area contributed by atoms with E-state index in [1.165, 1.54) is 23.9 Å². The molecule has 0 spiro atoms. The van der Waals surface area contributed by atoms with Crippen molar-refractivity contribution in [1.29, 1.82) is 0 Å². The van der Waals surface area contributed by atoms with E-state index in [9.17, 15) is 14.0 Å². The standard InChI is InChI=1S/C25H29FN2O5S/c1-18-16-20(25(30)33-15-14-32-13-10-27-8-11-31-12-9-27)4-7-22(18)28-23(29)17-34-24(28)19-2-5-21(26)6-3-19/h2-7,16,24H,8-15,17H2,1H3. The van der Waals surface area contributed by atoms with Crippen molar-refractivity contribution in [3.8, 4) is 0 Å². The molecule has 2 aliphatic heterocycles. The highest BCUT2D eigenvalue weighted by atomic mass is 32.2. The summed E-state index contributed by atoms with van der Waals surface area (Å²) in [6.07, 6.45) is 0. The average molecular weight is 489 g/mol. The molecule has 2 aliphatic rings. The number of hydrogen-bond donors (Lipinski definition) is 0. The van der Waals surface area contributed by atoms with Crippen LogP contribution in [0, 0.1) is 12.7 Å². The number of hydrogen-bond acceptors (Lipinski definition) is 7. The minimum Gasteiger partial charge on any atom is -0.460 e. The van der Waals surface area contributed by atoms with Gasteiger partial charge in [0.1, 0.15) is 17.8 Å². The summed E-state index contributed by atoms with van der Waals surface area (Å²) >= 11 is 1.50. The van der Waals surface area contributed by atoms with Gasteiger partial charge in [-0.15, -0.1) is 11.8 Å². The Morgan fingerprint density at radius 3 is 2.62 bits per heavy atom. The molecule has 1 unspecified atom stereocenters. The van der Waals surface area contributed by atoms with Gasteiger partial charge in [0.15, 0.2) is 0 Å². The van der Waals surface area contributed by atoms with Crippen LogP contribution < -0.4 is 4.90 Å². The van der Waals surface area contributed by atoms with E-state index >= 15 is 0 Å². The van der Waals surface area contributed by atoms with Gasteiger partial charge in [0.25, 0.3) is 0 Å². The zero-order valence-electron chi connectivity index (χ0n) is 19.2. The van der Waals surface area contributed by atoms with Crippen LogP contribution in [0.1, 0.15) is 26.9 Å². The van der Waals surface area contributed by atoms with E-state index in [4.69, 9.17) is 14.2 Å². The van der Waals surface area contributed by atoms with Crippen LogP contribution in [0.15, 0.2) is 42.5 Å². The highest BCUT2D eigenvalue weighted by molar-refractivity contribution is 8.00. The number of benzene rings is 2. The number of carbonyl (C=O) groups is 2. The Kier molecular flexibility index (Phi) is 8.55. The van der Waals surface area contributed by atoms with Crippen LogP contribution in [0.3, 0.4) is 0 Å². The summed E-state index contributed by atoms with van der Waals surface area (Å²) in [5.74, 6) is -0.418. The summed E-state index contributed by atoms with van der Waals surface area (Å²) < 4.78 is 29.6. The number of anilines is 1. The van der Waals surface area contributed by atoms with Crippen molar-refractivity contribution >= 4 is 29.3 Å². The number of rotatable bonds is 9. The van der Waals surface area contributed by atoms with Crippen LogP contribution >= 0.6 is 11.8 Å². The maximum Gasteiger partial charge on any atom is 0.338 e. The summed E-state index contributed by atoms with van der Waals surface area (Å²) in [6, 6.07) is 11.4. The molecule has 4 rings (SSSR count). The minimum absolute atomic E-state index is 0.0213. The lowest BCUT2D eigenvalue weighted by atomic mass is 10.1. The molecule has 7 nitrogen and oxygen atoms in total. The monoisotopic (exact) mass is 488 g/mol. The summed E-state index contributed by atoms with van der Waals surface area (Å²) in [6.45, 7) is 7.15. The fourth-order valence-corrected chi connectivity index (χ4v) is 5.18. The van der Waals surface area contributed by atoms with Gasteiger partial charge >= 0.3 is 5.97 Å². The van der Waals surface area contributed by atoms with Gasteiger partial charge in [-0.25, -0.2) is 9.18 Å². The van der Waals surface area contributed by atoms with Gasteiger partial charge in [-0.05, 0) is 48.4 Å². The van der Waals surface area contributed by atoms with Gasteiger partial charge in [-0.1, -0.05) is 12.1 Å². The van der Waals surface area contributed by atoms with Gasteiger partial charge in [-0.3, -0.25) is 14.6 Å². The van der Waals surface area contributed by atoms with Crippen molar-refractivity contribution in [3.05, 3.63) is 65.0 Å². The van der Waals surface area contributed by atoms with Crippen molar-refractivity contribution < 1.29 is 28.2 Å². The Balaban J connectivity index is 1.30. The van der Waals surface area contributed by atoms with Crippen molar-refractivity contribution in [3.63, 3.8) is 0 Å². The van der Waals surface area contributed by atoms with Crippen LogP contribution in [0.2, 0.25) is 0 Å². The number of esters is 1. The first-order chi connectivity index (χ1) is 16.5. The van der Waals surface area contributed by atoms with Crippen LogP contribution in [-0.2, 0) is 19.0 Å². The summed E-state index contributed by atoms with van der Waals surface area (Å²) in [4.78, 5) is 29.1. The molecule has 2 aromatic rings. The number of morpholine rings is 1. The molecule has 2 aromatic carbocycles. The first kappa shape index (κ1) is 24.7. The highest BCUT2D eigenvalue weighted by Gasteiger charge is 2.35. The van der Waals surface area contributed by atoms with E-state index < -0.39 is 5.97 Å². The molecule has 0 N–H and O–H groups in total. The Hall–Kier alpha value is -2.46. The fourth-order valence-electron chi connectivity index (χ4n) is 4.01. The Morgan fingerprint density at radius 2 is 1.88 bits per heavy atom. The van der Waals surface area contributed by atoms with E-state index in [1.54, 1.807) is 35.2 Å². The minimum atomic E-state index is -0.427. The van der Waals surface area contributed by atoms with E-state index in [0.29, 0.717) is 24.5 Å². The van der Waals surface area contributed by atoms with E-state index in [2.05, 4.69) is 4.90 Å². The third kappa shape index (κ3) is 6.15. The third-order valence-electron chi connectivity index (χ3n) is 5.83. The number of aryl methyl sites for hydroxylation is 1. The number of carbonyl (C=O) groups excluding carboxylic acids is 2. The summed E-state index contributed by atoms with van der Waals surface area (Å²) in [5.41, 5.74) is 2.80. The molecule has 0 aromatic heterocycles. The predicted molar refractivity (Wildman–Crippen MR) is 129 cm³/mol. The molecule has 1 atom stereocenters. The van der Waals surface area contributed by atoms with Gasteiger partial charge in [0.2, 0.25) is 5.91 Å². The van der Waals surface area contributed by atoms with Crippen molar-refractivity contribution in [2.24, 2.45) is 0 Å². The molecule has 0 aliphatic carbocycles. The first-order valence-electron chi connectivity index (χ1n) is 11.4. The third-order valence-corrected chi connectivity index (χ3v) is 7.04. The molecule has 2 saturated heterocycles. The van der Waals surface area contributed by atoms with Gasteiger partial charge in [-0.2, -0.15) is 0 Å². The zero-order valence-corrected chi connectivity index (χ0v) is 20.0. The second-order valence-corrected chi connectivity index (χ2v) is 9.25. The molecule has 0 radical (unpaired) electrons. The van der Waals surface area contributed by atoms with Crippen molar-refractivity contribution in [2.75, 3.05) is 63.3 Å². The quantitative estimate of drug-likeness (QED) is 0.396. The molecule has 2 heterocycles. The molecular weight excluding hydrogens is 459 g/mol. The highest BCUT2D eigenvalue weighted by Crippen LogP contribution is 2.42. The van der Waals surface area contributed by atoms with Crippen molar-refractivity contribution in [2.45, 2.75) is 12.3 Å². The van der Waals surface area contributed by atoms with Crippen LogP contribution in [-0.4, -0.2) is 75.2 Å². The van der Waals surface area contributed by atoms with Gasteiger partial charge in [0, 0.05) is 25.3 Å². The topological polar surface area (TPSA) is 68.3 Å². The molecule has 182 valence electrons. The maximum atomic E-state index is 13.3. The molecule has 0 bridgehead atoms. The first-order valence-corrected chi connectivity index (χ1v) is 12.4. The maximum absolute atomic E-state index is 13.3. The summed E-state index contributed by atoms with van der Waals surface area (Å²) in [5, 5.41) is -0.237. The Labute approximate surface area is 203 Å². The van der Waals surface area contributed by atoms with Gasteiger partial charge < -0.3 is 14.2 Å². The molecule has 0 saturated carbocycles. The number of thioether (sulfide) groups is 1. The molecule has 1 amide bonds. The second-order valence-electron chi connectivity index (χ2n) is 8.18. The second kappa shape index (κ2) is 11.8. The Morgan fingerprint density at radius 1 is 1.12 bits per heavy atom. The fraction of sp³-hybridized carbons (Fsp3) is 0.440. The summed E-state index contributed by atoms with van der Waals surface area (Å²) in [7, 11) is 0. The normalized spacial score (nSPS) is 18.9. The average Bonchev–Trinajstić information content (AvgIpc) is 3.23. The largest absolute Gasteiger partial charge is 0.460 e. The van der Waals surface area contributed by atoms with E-state index in [0.717, 1.165) is 49.7 Å². The van der Waals surface area contributed by atoms with Gasteiger partial charge in [0.05, 0.1) is 37.7 Å². The van der Waals surface area contributed by atoms with Crippen LogP contribution in [0.4, 0.5) is 10.1 Å². The van der Waals surface area contributed by atoms with Crippen molar-refractivity contribution in [1.82, 2.24) is 4.90 Å². The van der Waals surface area contributed by atoms with E-state index in [1.807, 2.05) is 6.92 Å². The molecule has 2 fully saturated rings. The number of ether oxygens (including phenoxy) is 3. The van der Waals surface area contributed by atoms with Crippen LogP contribution in [0.5, 0.6) is 0 Å². The molecule has 9 heteroatoms. The number of halogens is 1. The SMILES string of the molecule is Cc1cc(C(=O)OCCOCCN2CCOCC2)ccc1N1C(=O)CSC1c1ccc(F)cc1. The molecule has 34 heavy (non-hydrogen) atoms. The lowest BCUT2D eigenvalue weighted by molar-refractivity contribution is -0.115. The number of nitrogens with zero attached hydrogens (tertiary/aromatic N) is 2.